The molecule has 0 radical (unpaired) electrons. The van der Waals surface area contributed by atoms with Crippen molar-refractivity contribution in [3.05, 3.63) is 12.2 Å². The van der Waals surface area contributed by atoms with Crippen molar-refractivity contribution in [2.24, 2.45) is 11.8 Å². The van der Waals surface area contributed by atoms with Gasteiger partial charge in [-0.2, -0.15) is 0 Å². The molecular formula is C13H18N2O4. The molecule has 19 heavy (non-hydrogen) atoms. The van der Waals surface area contributed by atoms with Crippen molar-refractivity contribution in [3.8, 4) is 0 Å². The van der Waals surface area contributed by atoms with Gasteiger partial charge in [0.05, 0.1) is 11.8 Å². The highest BCUT2D eigenvalue weighted by molar-refractivity contribution is 5.89. The van der Waals surface area contributed by atoms with E-state index in [1.807, 2.05) is 6.92 Å². The molecule has 6 nitrogen and oxygen atoms in total. The number of carbonyl (C=O) groups excluding carboxylic acids is 2. The van der Waals surface area contributed by atoms with Crippen molar-refractivity contribution in [3.63, 3.8) is 0 Å². The Morgan fingerprint density at radius 2 is 2.21 bits per heavy atom. The predicted octanol–water partition coefficient (Wildman–Crippen LogP) is 0.000300. The molecule has 3 unspecified atom stereocenters. The highest BCUT2D eigenvalue weighted by Crippen LogP contribution is 2.21. The molecule has 6 heteroatoms. The number of likely N-dealkylation sites (tertiary alicyclic amines) is 1. The Morgan fingerprint density at radius 3 is 2.74 bits per heavy atom. The fraction of sp³-hybridized carbons (Fsp3) is 0.615. The molecule has 2 rings (SSSR count). The van der Waals surface area contributed by atoms with Gasteiger partial charge < -0.3 is 15.3 Å². The fourth-order valence-electron chi connectivity index (χ4n) is 2.54. The van der Waals surface area contributed by atoms with Gasteiger partial charge in [0, 0.05) is 25.6 Å². The number of hydrogen-bond donors (Lipinski definition) is 2. The van der Waals surface area contributed by atoms with Crippen LogP contribution in [0.1, 0.15) is 19.8 Å². The summed E-state index contributed by atoms with van der Waals surface area (Å²) in [6, 6.07) is -0.237. The lowest BCUT2D eigenvalue weighted by atomic mass is 10.1. The van der Waals surface area contributed by atoms with Crippen LogP contribution in [0.3, 0.4) is 0 Å². The Balaban J connectivity index is 1.85. The van der Waals surface area contributed by atoms with E-state index in [4.69, 9.17) is 5.11 Å². The van der Waals surface area contributed by atoms with Crippen molar-refractivity contribution < 1.29 is 19.5 Å². The predicted molar refractivity (Wildman–Crippen MR) is 67.2 cm³/mol. The maximum Gasteiger partial charge on any atom is 0.310 e. The molecule has 2 aliphatic rings. The van der Waals surface area contributed by atoms with Crippen molar-refractivity contribution in [1.29, 1.82) is 0 Å². The van der Waals surface area contributed by atoms with E-state index in [0.717, 1.165) is 0 Å². The highest BCUT2D eigenvalue weighted by atomic mass is 16.4. The molecule has 1 heterocycles. The summed E-state index contributed by atoms with van der Waals surface area (Å²) in [5.41, 5.74) is 0. The third kappa shape index (κ3) is 2.94. The van der Waals surface area contributed by atoms with Gasteiger partial charge in [0.15, 0.2) is 0 Å². The number of rotatable bonds is 4. The van der Waals surface area contributed by atoms with E-state index >= 15 is 0 Å². The minimum absolute atomic E-state index is 0.00743. The first-order chi connectivity index (χ1) is 9.01. The van der Waals surface area contributed by atoms with Gasteiger partial charge in [-0.05, 0) is 13.3 Å². The van der Waals surface area contributed by atoms with Gasteiger partial charge in [0.1, 0.15) is 0 Å². The molecule has 104 valence electrons. The Hall–Kier alpha value is -1.85. The first-order valence-electron chi connectivity index (χ1n) is 6.50. The maximum atomic E-state index is 12.0. The van der Waals surface area contributed by atoms with Gasteiger partial charge in [-0.25, -0.2) is 0 Å². The normalized spacial score (nSPS) is 29.8. The second kappa shape index (κ2) is 5.42. The largest absolute Gasteiger partial charge is 0.481 e. The molecular weight excluding hydrogens is 248 g/mol. The van der Waals surface area contributed by atoms with Gasteiger partial charge in [0.25, 0.3) is 0 Å². The first kappa shape index (κ1) is 13.6. The molecule has 3 atom stereocenters. The van der Waals surface area contributed by atoms with Crippen LogP contribution in [0.4, 0.5) is 0 Å². The molecule has 0 aromatic rings. The fourth-order valence-corrected chi connectivity index (χ4v) is 2.54. The molecule has 1 aliphatic heterocycles. The molecule has 1 saturated heterocycles. The second-order valence-electron chi connectivity index (χ2n) is 5.01. The number of carboxylic acid groups (broad SMARTS) is 1. The Labute approximate surface area is 111 Å². The third-order valence-corrected chi connectivity index (χ3v) is 3.70. The van der Waals surface area contributed by atoms with Crippen LogP contribution < -0.4 is 5.32 Å². The summed E-state index contributed by atoms with van der Waals surface area (Å²) in [6.45, 7) is 2.96. The standard InChI is InChI=1S/C13H18N2O4/c1-2-15-7-9(6-11(15)16)12(17)14-10-4-3-8(5-10)13(18)19/h3-4,8-10H,2,5-7H2,1H3,(H,14,17)(H,18,19). The van der Waals surface area contributed by atoms with Crippen LogP contribution in [0, 0.1) is 11.8 Å². The lowest BCUT2D eigenvalue weighted by Crippen LogP contribution is -2.38. The van der Waals surface area contributed by atoms with Gasteiger partial charge in [-0.1, -0.05) is 12.2 Å². The molecule has 1 fully saturated rings. The topological polar surface area (TPSA) is 86.7 Å². The quantitative estimate of drug-likeness (QED) is 0.701. The zero-order valence-corrected chi connectivity index (χ0v) is 10.8. The van der Waals surface area contributed by atoms with E-state index in [2.05, 4.69) is 5.32 Å². The van der Waals surface area contributed by atoms with Gasteiger partial charge in [-0.3, -0.25) is 14.4 Å². The lowest BCUT2D eigenvalue weighted by Gasteiger charge is -2.16. The Kier molecular flexibility index (Phi) is 3.87. The minimum atomic E-state index is -0.874. The average molecular weight is 266 g/mol. The minimum Gasteiger partial charge on any atom is -0.481 e. The Bertz CT molecular complexity index is 432. The van der Waals surface area contributed by atoms with Crippen LogP contribution in [0.2, 0.25) is 0 Å². The van der Waals surface area contributed by atoms with Gasteiger partial charge in [0.2, 0.25) is 11.8 Å². The monoisotopic (exact) mass is 266 g/mol. The van der Waals surface area contributed by atoms with Crippen LogP contribution in [-0.2, 0) is 14.4 Å². The smallest absolute Gasteiger partial charge is 0.310 e. The second-order valence-corrected chi connectivity index (χ2v) is 5.01. The molecule has 1 aliphatic carbocycles. The average Bonchev–Trinajstić information content (AvgIpc) is 2.95. The van der Waals surface area contributed by atoms with Gasteiger partial charge >= 0.3 is 5.97 Å². The summed E-state index contributed by atoms with van der Waals surface area (Å²) < 4.78 is 0. The molecule has 0 bridgehead atoms. The number of amides is 2. The number of aliphatic carboxylic acids is 1. The van der Waals surface area contributed by atoms with Crippen LogP contribution in [-0.4, -0.2) is 46.9 Å². The molecule has 0 aromatic carbocycles. The van der Waals surface area contributed by atoms with Gasteiger partial charge in [-0.15, -0.1) is 0 Å². The number of carbonyl (C=O) groups is 3. The molecule has 0 spiro atoms. The first-order valence-corrected chi connectivity index (χ1v) is 6.50. The summed E-state index contributed by atoms with van der Waals surface area (Å²) in [4.78, 5) is 36.0. The van der Waals surface area contributed by atoms with Crippen LogP contribution >= 0.6 is 0 Å². The SMILES string of the molecule is CCN1CC(C(=O)NC2C=CC(C(=O)O)C2)CC1=O. The van der Waals surface area contributed by atoms with Crippen LogP contribution in [0.15, 0.2) is 12.2 Å². The van der Waals surface area contributed by atoms with E-state index in [1.165, 1.54) is 0 Å². The molecule has 2 amide bonds. The van der Waals surface area contributed by atoms with E-state index in [0.29, 0.717) is 19.5 Å². The maximum absolute atomic E-state index is 12.0. The molecule has 0 aromatic heterocycles. The van der Waals surface area contributed by atoms with E-state index in [-0.39, 0.29) is 30.2 Å². The molecule has 0 saturated carbocycles. The zero-order chi connectivity index (χ0) is 14.0. The van der Waals surface area contributed by atoms with Crippen molar-refractivity contribution in [2.45, 2.75) is 25.8 Å². The van der Waals surface area contributed by atoms with E-state index < -0.39 is 11.9 Å². The third-order valence-electron chi connectivity index (χ3n) is 3.70. The Morgan fingerprint density at radius 1 is 1.47 bits per heavy atom. The van der Waals surface area contributed by atoms with Crippen LogP contribution in [0.5, 0.6) is 0 Å². The summed E-state index contributed by atoms with van der Waals surface area (Å²) in [7, 11) is 0. The summed E-state index contributed by atoms with van der Waals surface area (Å²) in [5, 5.41) is 11.7. The van der Waals surface area contributed by atoms with Crippen LogP contribution in [0.25, 0.3) is 0 Å². The van der Waals surface area contributed by atoms with Crippen molar-refractivity contribution >= 4 is 17.8 Å². The van der Waals surface area contributed by atoms with E-state index in [9.17, 15) is 14.4 Å². The summed E-state index contributed by atoms with van der Waals surface area (Å²) in [5.74, 6) is -1.87. The van der Waals surface area contributed by atoms with Crippen molar-refractivity contribution in [1.82, 2.24) is 10.2 Å². The number of nitrogens with zero attached hydrogens (tertiary/aromatic N) is 1. The number of carboxylic acids is 1. The van der Waals surface area contributed by atoms with Crippen molar-refractivity contribution in [2.75, 3.05) is 13.1 Å². The number of nitrogens with one attached hydrogen (secondary N) is 1. The number of hydrogen-bond acceptors (Lipinski definition) is 3. The molecule has 2 N–H and O–H groups in total. The summed E-state index contributed by atoms with van der Waals surface area (Å²) in [6.07, 6.45) is 3.95. The zero-order valence-electron chi connectivity index (χ0n) is 10.8. The van der Waals surface area contributed by atoms with E-state index in [1.54, 1.807) is 17.1 Å². The summed E-state index contributed by atoms with van der Waals surface area (Å²) >= 11 is 0. The highest BCUT2D eigenvalue weighted by Gasteiger charge is 2.35. The lowest BCUT2D eigenvalue weighted by molar-refractivity contribution is -0.140.